The van der Waals surface area contributed by atoms with Crippen molar-refractivity contribution in [2.45, 2.75) is 129 Å². The van der Waals surface area contributed by atoms with Crippen molar-refractivity contribution in [3.05, 3.63) is 35.9 Å². The molecule has 38 heavy (non-hydrogen) atoms. The van der Waals surface area contributed by atoms with E-state index in [0.29, 0.717) is 12.8 Å². The molecule has 214 valence electrons. The lowest BCUT2D eigenvalue weighted by Gasteiger charge is -2.38. The molecule has 0 amide bonds. The summed E-state index contributed by atoms with van der Waals surface area (Å²) in [6.07, 6.45) is 16.3. The predicted molar refractivity (Wildman–Crippen MR) is 149 cm³/mol. The van der Waals surface area contributed by atoms with E-state index < -0.39 is 23.8 Å². The lowest BCUT2D eigenvalue weighted by atomic mass is 9.78. The zero-order valence-corrected chi connectivity index (χ0v) is 23.7. The fourth-order valence-electron chi connectivity index (χ4n) is 5.45. The first-order valence-corrected chi connectivity index (χ1v) is 15.1. The Morgan fingerprint density at radius 3 is 2.03 bits per heavy atom. The Balaban J connectivity index is 1.96. The van der Waals surface area contributed by atoms with Crippen molar-refractivity contribution in [3.63, 3.8) is 0 Å². The standard InChI is InChI=1S/C32H50O6/c1-3-5-7-9-10-11-12-13-17-21-26(23-28-27(31(35)38-28)22-18-8-6-4-2)29(30(33)34)32(36)37-24-25-19-15-14-16-20-25/h14-16,19-20,26-29H,3-13,17-18,21-24H2,1-2H3,(H,33,34)/t26-,27-,28-,29?/m0/s1. The molecule has 6 heteroatoms. The Kier molecular flexibility index (Phi) is 15.8. The molecule has 4 atom stereocenters. The molecule has 0 spiro atoms. The van der Waals surface area contributed by atoms with Crippen molar-refractivity contribution in [2.75, 3.05) is 0 Å². The van der Waals surface area contributed by atoms with Crippen molar-refractivity contribution in [1.82, 2.24) is 0 Å². The van der Waals surface area contributed by atoms with E-state index in [-0.39, 0.29) is 24.6 Å². The van der Waals surface area contributed by atoms with Gasteiger partial charge in [0.05, 0.1) is 5.92 Å². The van der Waals surface area contributed by atoms with Gasteiger partial charge in [-0.3, -0.25) is 14.4 Å². The molecule has 0 radical (unpaired) electrons. The first-order valence-electron chi connectivity index (χ1n) is 15.1. The highest BCUT2D eigenvalue weighted by Crippen LogP contribution is 2.36. The highest BCUT2D eigenvalue weighted by Gasteiger charge is 2.46. The third kappa shape index (κ3) is 11.6. The third-order valence-corrected chi connectivity index (χ3v) is 7.82. The number of hydrogen-bond donors (Lipinski definition) is 1. The van der Waals surface area contributed by atoms with E-state index in [2.05, 4.69) is 13.8 Å². The highest BCUT2D eigenvalue weighted by atomic mass is 16.6. The minimum absolute atomic E-state index is 0.0483. The molecular weight excluding hydrogens is 480 g/mol. The van der Waals surface area contributed by atoms with Crippen LogP contribution in [0.3, 0.4) is 0 Å². The third-order valence-electron chi connectivity index (χ3n) is 7.82. The number of hydrogen-bond acceptors (Lipinski definition) is 5. The summed E-state index contributed by atoms with van der Waals surface area (Å²) in [6, 6.07) is 9.29. The van der Waals surface area contributed by atoms with E-state index in [1.807, 2.05) is 30.3 Å². The summed E-state index contributed by atoms with van der Waals surface area (Å²) in [6.45, 7) is 4.42. The highest BCUT2D eigenvalue weighted by molar-refractivity contribution is 5.94. The van der Waals surface area contributed by atoms with E-state index in [1.54, 1.807) is 0 Å². The zero-order valence-electron chi connectivity index (χ0n) is 23.7. The Morgan fingerprint density at radius 1 is 0.868 bits per heavy atom. The van der Waals surface area contributed by atoms with E-state index in [4.69, 9.17) is 9.47 Å². The van der Waals surface area contributed by atoms with Gasteiger partial charge in [0.1, 0.15) is 12.7 Å². The van der Waals surface area contributed by atoms with Gasteiger partial charge >= 0.3 is 17.9 Å². The van der Waals surface area contributed by atoms with Gasteiger partial charge in [-0.25, -0.2) is 0 Å². The Bertz CT molecular complexity index is 807. The summed E-state index contributed by atoms with van der Waals surface area (Å²) in [7, 11) is 0. The molecule has 1 aliphatic rings. The number of carbonyl (C=O) groups excluding carboxylic acids is 2. The summed E-state index contributed by atoms with van der Waals surface area (Å²) in [5, 5.41) is 10.1. The Labute approximate surface area is 229 Å². The average Bonchev–Trinajstić information content (AvgIpc) is 2.90. The molecule has 1 fully saturated rings. The molecule has 0 saturated carbocycles. The van der Waals surface area contributed by atoms with Crippen molar-refractivity contribution in [3.8, 4) is 0 Å². The normalized spacial score (nSPS) is 18.3. The monoisotopic (exact) mass is 530 g/mol. The van der Waals surface area contributed by atoms with E-state index in [0.717, 1.165) is 56.9 Å². The smallest absolute Gasteiger partial charge is 0.320 e. The molecule has 1 aliphatic heterocycles. The second-order valence-corrected chi connectivity index (χ2v) is 11.0. The number of unbranched alkanes of at least 4 members (excludes halogenated alkanes) is 11. The van der Waals surface area contributed by atoms with Crippen LogP contribution in [0.4, 0.5) is 0 Å². The van der Waals surface area contributed by atoms with Crippen LogP contribution < -0.4 is 0 Å². The fraction of sp³-hybridized carbons (Fsp3) is 0.719. The SMILES string of the molecule is CCCCCCCCCCC[C@@H](C[C@@H]1OC(=O)[C@H]1CCCCCC)C(C(=O)O)C(=O)OCc1ccccc1. The molecule has 0 aromatic heterocycles. The maximum Gasteiger partial charge on any atom is 0.320 e. The topological polar surface area (TPSA) is 89.9 Å². The molecule has 1 N–H and O–H groups in total. The number of cyclic esters (lactones) is 1. The molecule has 6 nitrogen and oxygen atoms in total. The molecular formula is C32H50O6. The van der Waals surface area contributed by atoms with Crippen LogP contribution in [0.2, 0.25) is 0 Å². The summed E-state index contributed by atoms with van der Waals surface area (Å²) in [4.78, 5) is 37.5. The quantitative estimate of drug-likeness (QED) is 0.0932. The molecule has 0 bridgehead atoms. The fourth-order valence-corrected chi connectivity index (χ4v) is 5.45. The Morgan fingerprint density at radius 2 is 1.45 bits per heavy atom. The lowest BCUT2D eigenvalue weighted by molar-refractivity contribution is -0.188. The summed E-state index contributed by atoms with van der Waals surface area (Å²) in [5.74, 6) is -3.91. The summed E-state index contributed by atoms with van der Waals surface area (Å²) < 4.78 is 11.0. The molecule has 0 aliphatic carbocycles. The van der Waals surface area contributed by atoms with Crippen molar-refractivity contribution >= 4 is 17.9 Å². The number of carboxylic acids is 1. The van der Waals surface area contributed by atoms with Gasteiger partial charge in [0.15, 0.2) is 5.92 Å². The number of carbonyl (C=O) groups is 3. The van der Waals surface area contributed by atoms with Gasteiger partial charge in [0.2, 0.25) is 0 Å². The van der Waals surface area contributed by atoms with Crippen LogP contribution in [-0.4, -0.2) is 29.1 Å². The largest absolute Gasteiger partial charge is 0.481 e. The first kappa shape index (κ1) is 31.8. The van der Waals surface area contributed by atoms with Crippen LogP contribution in [0.15, 0.2) is 30.3 Å². The van der Waals surface area contributed by atoms with Crippen LogP contribution >= 0.6 is 0 Å². The number of rotatable bonds is 22. The second-order valence-electron chi connectivity index (χ2n) is 11.0. The van der Waals surface area contributed by atoms with Gasteiger partial charge in [-0.15, -0.1) is 0 Å². The maximum atomic E-state index is 13.0. The summed E-state index contributed by atoms with van der Waals surface area (Å²) in [5.41, 5.74) is 0.820. The maximum absolute atomic E-state index is 13.0. The lowest BCUT2D eigenvalue weighted by Crippen LogP contribution is -2.47. The molecule has 1 aromatic carbocycles. The van der Waals surface area contributed by atoms with Crippen LogP contribution in [-0.2, 0) is 30.5 Å². The van der Waals surface area contributed by atoms with Gasteiger partial charge in [-0.1, -0.05) is 128 Å². The average molecular weight is 531 g/mol. The van der Waals surface area contributed by atoms with Gasteiger partial charge < -0.3 is 14.6 Å². The van der Waals surface area contributed by atoms with E-state index in [1.165, 1.54) is 38.5 Å². The number of benzene rings is 1. The van der Waals surface area contributed by atoms with Crippen molar-refractivity contribution < 1.29 is 29.0 Å². The zero-order chi connectivity index (χ0) is 27.6. The second kappa shape index (κ2) is 18.8. The van der Waals surface area contributed by atoms with Crippen LogP contribution in [0.1, 0.15) is 122 Å². The minimum atomic E-state index is -1.26. The Hall–Kier alpha value is -2.37. The van der Waals surface area contributed by atoms with Crippen molar-refractivity contribution in [1.29, 1.82) is 0 Å². The van der Waals surface area contributed by atoms with Crippen molar-refractivity contribution in [2.24, 2.45) is 17.8 Å². The number of ether oxygens (including phenoxy) is 2. The number of aliphatic carboxylic acids is 1. The first-order chi connectivity index (χ1) is 18.5. The minimum Gasteiger partial charge on any atom is -0.481 e. The number of carboxylic acid groups (broad SMARTS) is 1. The van der Waals surface area contributed by atoms with Gasteiger partial charge in [-0.05, 0) is 30.7 Å². The molecule has 1 heterocycles. The van der Waals surface area contributed by atoms with Gasteiger partial charge in [-0.2, -0.15) is 0 Å². The van der Waals surface area contributed by atoms with Crippen LogP contribution in [0.5, 0.6) is 0 Å². The summed E-state index contributed by atoms with van der Waals surface area (Å²) >= 11 is 0. The molecule has 1 unspecified atom stereocenters. The van der Waals surface area contributed by atoms with Gasteiger partial charge in [0, 0.05) is 0 Å². The predicted octanol–water partition coefficient (Wildman–Crippen LogP) is 7.87. The molecule has 1 saturated heterocycles. The van der Waals surface area contributed by atoms with Crippen LogP contribution in [0, 0.1) is 17.8 Å². The van der Waals surface area contributed by atoms with Gasteiger partial charge in [0.25, 0.3) is 0 Å². The van der Waals surface area contributed by atoms with E-state index in [9.17, 15) is 19.5 Å². The van der Waals surface area contributed by atoms with E-state index >= 15 is 0 Å². The van der Waals surface area contributed by atoms with Crippen LogP contribution in [0.25, 0.3) is 0 Å². The number of esters is 2. The molecule has 2 rings (SSSR count). The molecule has 1 aromatic rings.